The number of unbranched alkanes of at least 4 members (excludes halogenated alkanes) is 9. The van der Waals surface area contributed by atoms with Gasteiger partial charge in [0.1, 0.15) is 11.1 Å². The van der Waals surface area contributed by atoms with Crippen LogP contribution in [-0.2, 0) is 15.0 Å². The highest BCUT2D eigenvalue weighted by atomic mass is 35.5. The van der Waals surface area contributed by atoms with Crippen molar-refractivity contribution in [3.63, 3.8) is 0 Å². The van der Waals surface area contributed by atoms with Gasteiger partial charge in [0.2, 0.25) is 0 Å². The molecule has 1 N–H and O–H groups in total. The largest absolute Gasteiger partial charge is 0.425 e. The number of benzene rings is 1. The number of rotatable bonds is 16. The second kappa shape index (κ2) is 14.7. The van der Waals surface area contributed by atoms with E-state index in [9.17, 15) is 13.2 Å². The lowest BCUT2D eigenvalue weighted by Crippen LogP contribution is -2.28. The molecule has 0 spiro atoms. The first-order valence-electron chi connectivity index (χ1n) is 10.9. The van der Waals surface area contributed by atoms with Crippen molar-refractivity contribution in [1.82, 2.24) is 4.31 Å². The van der Waals surface area contributed by atoms with Gasteiger partial charge >= 0.3 is 16.2 Å². The van der Waals surface area contributed by atoms with E-state index in [1.165, 1.54) is 89.7 Å². The normalized spacial score (nSPS) is 12.7. The van der Waals surface area contributed by atoms with Crippen LogP contribution < -0.4 is 9.46 Å². The third-order valence-electron chi connectivity index (χ3n) is 4.87. The van der Waals surface area contributed by atoms with Gasteiger partial charge in [-0.2, -0.15) is 12.7 Å². The molecule has 0 aromatic heterocycles. The minimum atomic E-state index is -3.57. The Bertz CT molecular complexity index is 708. The van der Waals surface area contributed by atoms with E-state index in [-0.39, 0.29) is 0 Å². The fraction of sp³-hybridized carbons (Fsp3) is 0.682. The van der Waals surface area contributed by atoms with Gasteiger partial charge in [-0.05, 0) is 30.7 Å². The fourth-order valence-electron chi connectivity index (χ4n) is 2.94. The summed E-state index contributed by atoms with van der Waals surface area (Å²) in [6.07, 6.45) is 12.9. The average Bonchev–Trinajstić information content (AvgIpc) is 2.70. The van der Waals surface area contributed by atoms with Crippen LogP contribution in [0.2, 0.25) is 0 Å². The second-order valence-electron chi connectivity index (χ2n) is 7.77. The van der Waals surface area contributed by atoms with Gasteiger partial charge in [0.05, 0.1) is 5.69 Å². The minimum Gasteiger partial charge on any atom is -0.425 e. The minimum absolute atomic E-state index is 0.335. The van der Waals surface area contributed by atoms with Gasteiger partial charge in [0.25, 0.3) is 0 Å². The van der Waals surface area contributed by atoms with Crippen molar-refractivity contribution in [3.8, 4) is 5.75 Å². The van der Waals surface area contributed by atoms with Crippen LogP contribution in [0.3, 0.4) is 0 Å². The van der Waals surface area contributed by atoms with Crippen molar-refractivity contribution in [2.75, 3.05) is 18.8 Å². The van der Waals surface area contributed by atoms with Gasteiger partial charge < -0.3 is 4.74 Å². The molecule has 1 atom stereocenters. The smallest absolute Gasteiger partial charge is 0.329 e. The summed E-state index contributed by atoms with van der Waals surface area (Å²) < 4.78 is 32.4. The van der Waals surface area contributed by atoms with E-state index in [0.29, 0.717) is 17.9 Å². The average molecular weight is 461 g/mol. The van der Waals surface area contributed by atoms with Crippen molar-refractivity contribution >= 4 is 33.5 Å². The maximum absolute atomic E-state index is 12.1. The number of hydrogen-bond acceptors (Lipinski definition) is 4. The Balaban J connectivity index is 2.23. The number of halogens is 1. The number of carbonyl (C=O) groups excluding carboxylic acids is 1. The molecule has 8 heteroatoms. The summed E-state index contributed by atoms with van der Waals surface area (Å²) in [5, 5.41) is -0.675. The van der Waals surface area contributed by atoms with Crippen LogP contribution in [0.1, 0.15) is 77.6 Å². The standard InChI is InChI=1S/C22H37ClN2O4S/c1-4-5-6-7-8-9-10-11-12-13-14-21(23)22(26)29-20-17-15-19(16-18-20)24-30(27,28)25(2)3/h15-18,21,24H,4-14H2,1-3H3. The van der Waals surface area contributed by atoms with Crippen LogP contribution in [0.25, 0.3) is 0 Å². The Morgan fingerprint density at radius 3 is 1.97 bits per heavy atom. The molecule has 0 saturated heterocycles. The highest BCUT2D eigenvalue weighted by molar-refractivity contribution is 7.90. The van der Waals surface area contributed by atoms with E-state index in [4.69, 9.17) is 16.3 Å². The molecule has 0 amide bonds. The first-order chi connectivity index (χ1) is 14.3. The molecule has 6 nitrogen and oxygen atoms in total. The van der Waals surface area contributed by atoms with Crippen LogP contribution in [0.4, 0.5) is 5.69 Å². The number of hydrogen-bond donors (Lipinski definition) is 1. The van der Waals surface area contributed by atoms with Gasteiger partial charge in [-0.1, -0.05) is 71.1 Å². The summed E-state index contributed by atoms with van der Waals surface area (Å²) in [6.45, 7) is 2.23. The highest BCUT2D eigenvalue weighted by Gasteiger charge is 2.18. The lowest BCUT2D eigenvalue weighted by Gasteiger charge is -2.14. The third kappa shape index (κ3) is 11.2. The predicted octanol–water partition coefficient (Wildman–Crippen LogP) is 5.73. The van der Waals surface area contributed by atoms with E-state index in [2.05, 4.69) is 11.6 Å². The maximum atomic E-state index is 12.1. The molecule has 1 aromatic rings. The van der Waals surface area contributed by atoms with E-state index in [1.54, 1.807) is 0 Å². The molecule has 1 unspecified atom stereocenters. The summed E-state index contributed by atoms with van der Waals surface area (Å²) in [7, 11) is -0.694. The van der Waals surface area contributed by atoms with E-state index >= 15 is 0 Å². The first-order valence-corrected chi connectivity index (χ1v) is 12.8. The van der Waals surface area contributed by atoms with Crippen molar-refractivity contribution in [1.29, 1.82) is 0 Å². The van der Waals surface area contributed by atoms with Gasteiger partial charge in [0.15, 0.2) is 0 Å². The van der Waals surface area contributed by atoms with E-state index in [1.807, 2.05) is 0 Å². The van der Waals surface area contributed by atoms with Gasteiger partial charge in [0, 0.05) is 14.1 Å². The predicted molar refractivity (Wildman–Crippen MR) is 124 cm³/mol. The zero-order valence-electron chi connectivity index (χ0n) is 18.5. The fourth-order valence-corrected chi connectivity index (χ4v) is 3.76. The Labute approximate surface area is 187 Å². The van der Waals surface area contributed by atoms with Crippen molar-refractivity contribution in [3.05, 3.63) is 24.3 Å². The highest BCUT2D eigenvalue weighted by Crippen LogP contribution is 2.20. The molecule has 0 radical (unpaired) electrons. The number of nitrogens with zero attached hydrogens (tertiary/aromatic N) is 1. The summed E-state index contributed by atoms with van der Waals surface area (Å²) in [6, 6.07) is 6.15. The number of ether oxygens (including phenoxy) is 1. The SMILES string of the molecule is CCCCCCCCCCCCC(Cl)C(=O)Oc1ccc(NS(=O)(=O)N(C)C)cc1. The molecule has 0 fully saturated rings. The lowest BCUT2D eigenvalue weighted by atomic mass is 10.1. The Morgan fingerprint density at radius 2 is 1.47 bits per heavy atom. The summed E-state index contributed by atoms with van der Waals surface area (Å²) in [5.74, 6) is -0.143. The lowest BCUT2D eigenvalue weighted by molar-refractivity contribution is -0.134. The monoisotopic (exact) mass is 460 g/mol. The molecule has 0 saturated carbocycles. The molecular weight excluding hydrogens is 424 g/mol. The molecule has 172 valence electrons. The van der Waals surface area contributed by atoms with E-state index < -0.39 is 21.6 Å². The van der Waals surface area contributed by atoms with Gasteiger partial charge in [-0.15, -0.1) is 11.6 Å². The molecule has 0 aliphatic heterocycles. The molecule has 30 heavy (non-hydrogen) atoms. The van der Waals surface area contributed by atoms with Crippen molar-refractivity contribution < 1.29 is 17.9 Å². The van der Waals surface area contributed by atoms with Crippen LogP contribution in [0.5, 0.6) is 5.75 Å². The topological polar surface area (TPSA) is 75.7 Å². The second-order valence-corrected chi connectivity index (χ2v) is 10.2. The van der Waals surface area contributed by atoms with Crippen LogP contribution in [0.15, 0.2) is 24.3 Å². The zero-order chi connectivity index (χ0) is 22.4. The van der Waals surface area contributed by atoms with E-state index in [0.717, 1.165) is 17.1 Å². The van der Waals surface area contributed by atoms with Crippen LogP contribution >= 0.6 is 11.6 Å². The molecule has 0 bridgehead atoms. The van der Waals surface area contributed by atoms with Crippen LogP contribution in [-0.4, -0.2) is 38.2 Å². The van der Waals surface area contributed by atoms with Crippen molar-refractivity contribution in [2.24, 2.45) is 0 Å². The molecular formula is C22H37ClN2O4S. The Morgan fingerprint density at radius 1 is 0.967 bits per heavy atom. The van der Waals surface area contributed by atoms with Crippen LogP contribution in [0, 0.1) is 0 Å². The number of esters is 1. The summed E-state index contributed by atoms with van der Waals surface area (Å²) >= 11 is 6.17. The summed E-state index contributed by atoms with van der Waals surface area (Å²) in [4.78, 5) is 12.1. The van der Waals surface area contributed by atoms with Crippen molar-refractivity contribution in [2.45, 2.75) is 82.9 Å². The third-order valence-corrected chi connectivity index (χ3v) is 6.72. The molecule has 0 aliphatic carbocycles. The summed E-state index contributed by atoms with van der Waals surface area (Å²) in [5.41, 5.74) is 0.385. The van der Waals surface area contributed by atoms with Gasteiger partial charge in [-0.3, -0.25) is 9.52 Å². The Hall–Kier alpha value is -1.31. The number of carbonyl (C=O) groups is 1. The molecule has 1 rings (SSSR count). The maximum Gasteiger partial charge on any atom is 0.329 e. The number of anilines is 1. The molecule has 1 aromatic carbocycles. The first kappa shape index (κ1) is 26.7. The zero-order valence-corrected chi connectivity index (χ0v) is 20.1. The van der Waals surface area contributed by atoms with Gasteiger partial charge in [-0.25, -0.2) is 0 Å². The molecule has 0 aliphatic rings. The number of alkyl halides is 1. The molecule has 0 heterocycles. The Kier molecular flexibility index (Phi) is 13.1. The number of nitrogens with one attached hydrogen (secondary N) is 1. The quantitative estimate of drug-likeness (QED) is 0.148.